The normalized spacial score (nSPS) is 12.0. The number of methoxy groups -OCH3 is 2. The topological polar surface area (TPSA) is 94.2 Å². The van der Waals surface area contributed by atoms with Gasteiger partial charge in [-0.05, 0) is 49.7 Å². The van der Waals surface area contributed by atoms with E-state index in [0.717, 1.165) is 6.26 Å². The summed E-state index contributed by atoms with van der Waals surface area (Å²) in [6.45, 7) is 2.32. The summed E-state index contributed by atoms with van der Waals surface area (Å²) in [7, 11) is -0.361. The van der Waals surface area contributed by atoms with Crippen LogP contribution in [0.2, 0.25) is 0 Å². The molecule has 1 unspecified atom stereocenters. The Morgan fingerprint density at radius 2 is 1.68 bits per heavy atom. The number of amides is 1. The van der Waals surface area contributed by atoms with Crippen LogP contribution in [0.3, 0.4) is 0 Å². The average Bonchev–Trinajstić information content (AvgIpc) is 2.74. The molecule has 2 rings (SSSR count). The van der Waals surface area contributed by atoms with Gasteiger partial charge in [0.1, 0.15) is 12.4 Å². The number of benzene rings is 2. The number of anilines is 1. The number of rotatable bonds is 12. The van der Waals surface area contributed by atoms with Crippen LogP contribution in [0.15, 0.2) is 48.5 Å². The maximum absolute atomic E-state index is 12.3. The van der Waals surface area contributed by atoms with Gasteiger partial charge in [0.15, 0.2) is 11.5 Å². The molecule has 0 bridgehead atoms. The second kappa shape index (κ2) is 11.5. The number of sulfonamides is 1. The first kappa shape index (κ1) is 24.3. The molecule has 0 saturated heterocycles. The lowest BCUT2D eigenvalue weighted by Gasteiger charge is -2.22. The number of hydrogen-bond acceptors (Lipinski definition) is 6. The van der Waals surface area contributed by atoms with Crippen molar-refractivity contribution in [1.82, 2.24) is 5.32 Å². The molecule has 0 heterocycles. The third kappa shape index (κ3) is 7.67. The van der Waals surface area contributed by atoms with E-state index in [9.17, 15) is 13.2 Å². The maximum atomic E-state index is 12.3. The highest BCUT2D eigenvalue weighted by Gasteiger charge is 2.18. The van der Waals surface area contributed by atoms with Crippen LogP contribution < -0.4 is 23.8 Å². The van der Waals surface area contributed by atoms with Gasteiger partial charge in [0.25, 0.3) is 0 Å². The van der Waals surface area contributed by atoms with Crippen molar-refractivity contribution in [3.63, 3.8) is 0 Å². The van der Waals surface area contributed by atoms with Crippen LogP contribution in [0, 0.1) is 0 Å². The Balaban J connectivity index is 1.83. The highest BCUT2D eigenvalue weighted by molar-refractivity contribution is 7.92. The van der Waals surface area contributed by atoms with E-state index in [1.165, 1.54) is 4.31 Å². The van der Waals surface area contributed by atoms with Crippen molar-refractivity contribution in [3.05, 3.63) is 48.5 Å². The number of ether oxygens (including phenoxy) is 3. The van der Waals surface area contributed by atoms with E-state index >= 15 is 0 Å². The van der Waals surface area contributed by atoms with E-state index in [0.29, 0.717) is 29.4 Å². The van der Waals surface area contributed by atoms with Crippen LogP contribution in [0.25, 0.3) is 0 Å². The number of carbonyl (C=O) groups is 1. The molecule has 1 amide bonds. The Labute approximate surface area is 184 Å². The van der Waals surface area contributed by atoms with Crippen molar-refractivity contribution in [2.24, 2.45) is 0 Å². The molecule has 0 aliphatic carbocycles. The highest BCUT2D eigenvalue weighted by atomic mass is 32.2. The monoisotopic (exact) mass is 450 g/mol. The van der Waals surface area contributed by atoms with Gasteiger partial charge in [-0.15, -0.1) is 0 Å². The third-order valence-electron chi connectivity index (χ3n) is 4.49. The summed E-state index contributed by atoms with van der Waals surface area (Å²) in [5, 5.41) is 2.87. The molecule has 0 spiro atoms. The molecule has 0 fully saturated rings. The second-order valence-corrected chi connectivity index (χ2v) is 8.97. The van der Waals surface area contributed by atoms with Gasteiger partial charge >= 0.3 is 0 Å². The van der Waals surface area contributed by atoms with Crippen LogP contribution in [0.5, 0.6) is 17.2 Å². The van der Waals surface area contributed by atoms with Gasteiger partial charge in [-0.1, -0.05) is 12.1 Å². The van der Waals surface area contributed by atoms with Gasteiger partial charge in [0.05, 0.1) is 32.2 Å². The summed E-state index contributed by atoms with van der Waals surface area (Å²) < 4.78 is 41.7. The molecule has 2 aromatic rings. The van der Waals surface area contributed by atoms with E-state index in [4.69, 9.17) is 14.2 Å². The van der Waals surface area contributed by atoms with Crippen molar-refractivity contribution >= 4 is 21.6 Å². The molecular weight excluding hydrogens is 420 g/mol. The van der Waals surface area contributed by atoms with Gasteiger partial charge in [-0.3, -0.25) is 9.10 Å². The minimum absolute atomic E-state index is 0.167. The van der Waals surface area contributed by atoms with Crippen LogP contribution in [0.1, 0.15) is 19.8 Å². The van der Waals surface area contributed by atoms with Crippen molar-refractivity contribution in [3.8, 4) is 17.2 Å². The van der Waals surface area contributed by atoms with Crippen LogP contribution in [-0.2, 0) is 14.8 Å². The molecule has 31 heavy (non-hydrogen) atoms. The van der Waals surface area contributed by atoms with Gasteiger partial charge in [-0.2, -0.15) is 0 Å². The molecule has 0 saturated carbocycles. The fourth-order valence-electron chi connectivity index (χ4n) is 2.96. The summed E-state index contributed by atoms with van der Waals surface area (Å²) in [5.41, 5.74) is 0.530. The van der Waals surface area contributed by atoms with Crippen molar-refractivity contribution in [2.45, 2.75) is 25.8 Å². The zero-order valence-electron chi connectivity index (χ0n) is 18.3. The minimum atomic E-state index is -3.48. The molecule has 0 radical (unpaired) electrons. The molecule has 8 nitrogen and oxygen atoms in total. The summed E-state index contributed by atoms with van der Waals surface area (Å²) >= 11 is 0. The van der Waals surface area contributed by atoms with E-state index < -0.39 is 10.0 Å². The Morgan fingerprint density at radius 1 is 1.03 bits per heavy atom. The molecule has 1 atom stereocenters. The summed E-state index contributed by atoms with van der Waals surface area (Å²) in [6, 6.07) is 13.8. The Kier molecular flexibility index (Phi) is 8.99. The standard InChI is InChI=1S/C22H30N2O6S/c1-17(16-30-21-9-6-5-8-20(21)29-3)23-22(25)10-7-15-24(31(4,26)27)18-11-13-19(28-2)14-12-18/h5-6,8-9,11-14,17H,7,10,15-16H2,1-4H3,(H,23,25). The molecule has 0 aliphatic heterocycles. The van der Waals surface area contributed by atoms with E-state index in [-0.39, 0.29) is 31.5 Å². The lowest BCUT2D eigenvalue weighted by molar-refractivity contribution is -0.121. The van der Waals surface area contributed by atoms with Crippen LogP contribution in [-0.4, -0.2) is 54.0 Å². The number of carbonyl (C=O) groups excluding carboxylic acids is 1. The molecule has 170 valence electrons. The molecular formula is C22H30N2O6S. The molecule has 1 N–H and O–H groups in total. The molecule has 0 aromatic heterocycles. The molecule has 9 heteroatoms. The number of para-hydroxylation sites is 2. The van der Waals surface area contributed by atoms with Crippen LogP contribution in [0.4, 0.5) is 5.69 Å². The van der Waals surface area contributed by atoms with Crippen molar-refractivity contribution in [1.29, 1.82) is 0 Å². The fourth-order valence-corrected chi connectivity index (χ4v) is 3.93. The average molecular weight is 451 g/mol. The summed E-state index contributed by atoms with van der Waals surface area (Å²) in [6.07, 6.45) is 1.72. The SMILES string of the molecule is COc1ccc(N(CCCC(=O)NC(C)COc2ccccc2OC)S(C)(=O)=O)cc1. The quantitative estimate of drug-likeness (QED) is 0.534. The van der Waals surface area contributed by atoms with Gasteiger partial charge in [0, 0.05) is 13.0 Å². The Bertz CT molecular complexity index is 947. The van der Waals surface area contributed by atoms with E-state index in [1.807, 2.05) is 19.1 Å². The zero-order valence-corrected chi connectivity index (χ0v) is 19.1. The second-order valence-electron chi connectivity index (χ2n) is 7.07. The largest absolute Gasteiger partial charge is 0.497 e. The third-order valence-corrected chi connectivity index (χ3v) is 5.69. The van der Waals surface area contributed by atoms with E-state index in [2.05, 4.69) is 5.32 Å². The van der Waals surface area contributed by atoms with Gasteiger partial charge in [-0.25, -0.2) is 8.42 Å². The Morgan fingerprint density at radius 3 is 2.26 bits per heavy atom. The van der Waals surface area contributed by atoms with E-state index in [1.54, 1.807) is 50.6 Å². The van der Waals surface area contributed by atoms with Crippen molar-refractivity contribution < 1.29 is 27.4 Å². The predicted molar refractivity (Wildman–Crippen MR) is 121 cm³/mol. The first-order chi connectivity index (χ1) is 14.7. The summed E-state index contributed by atoms with van der Waals surface area (Å²) in [5.74, 6) is 1.70. The Hall–Kier alpha value is -2.94. The number of nitrogens with zero attached hydrogens (tertiary/aromatic N) is 1. The molecule has 2 aromatic carbocycles. The lowest BCUT2D eigenvalue weighted by Crippen LogP contribution is -2.37. The fraction of sp³-hybridized carbons (Fsp3) is 0.409. The highest BCUT2D eigenvalue weighted by Crippen LogP contribution is 2.26. The zero-order chi connectivity index (χ0) is 22.9. The number of hydrogen-bond donors (Lipinski definition) is 1. The minimum Gasteiger partial charge on any atom is -0.497 e. The summed E-state index contributed by atoms with van der Waals surface area (Å²) in [4.78, 5) is 12.3. The predicted octanol–water partition coefficient (Wildman–Crippen LogP) is 2.83. The first-order valence-electron chi connectivity index (χ1n) is 9.91. The number of nitrogens with one attached hydrogen (secondary N) is 1. The lowest BCUT2D eigenvalue weighted by atomic mass is 10.2. The first-order valence-corrected chi connectivity index (χ1v) is 11.8. The van der Waals surface area contributed by atoms with Gasteiger partial charge in [0.2, 0.25) is 15.9 Å². The maximum Gasteiger partial charge on any atom is 0.232 e. The van der Waals surface area contributed by atoms with Crippen LogP contribution >= 0.6 is 0 Å². The van der Waals surface area contributed by atoms with Gasteiger partial charge < -0.3 is 19.5 Å². The smallest absolute Gasteiger partial charge is 0.232 e. The molecule has 0 aliphatic rings. The van der Waals surface area contributed by atoms with Crippen molar-refractivity contribution in [2.75, 3.05) is 37.9 Å².